The van der Waals surface area contributed by atoms with Gasteiger partial charge in [0, 0.05) is 13.0 Å². The van der Waals surface area contributed by atoms with Gasteiger partial charge in [-0.1, -0.05) is 12.1 Å². The molecule has 0 bridgehead atoms. The van der Waals surface area contributed by atoms with Crippen LogP contribution in [0.2, 0.25) is 0 Å². The molecule has 0 aliphatic carbocycles. The molecule has 0 aliphatic rings. The van der Waals surface area contributed by atoms with Gasteiger partial charge in [0.15, 0.2) is 0 Å². The quantitative estimate of drug-likeness (QED) is 0.467. The van der Waals surface area contributed by atoms with Crippen LogP contribution >= 0.6 is 0 Å². The van der Waals surface area contributed by atoms with Crippen molar-refractivity contribution < 1.29 is 24.2 Å². The third-order valence-electron chi connectivity index (χ3n) is 3.17. The number of rotatable bonds is 9. The second kappa shape index (κ2) is 8.30. The maximum Gasteiger partial charge on any atom is 0.339 e. The lowest BCUT2D eigenvalue weighted by Crippen LogP contribution is -2.32. The lowest BCUT2D eigenvalue weighted by atomic mass is 10.2. The first kappa shape index (κ1) is 17.0. The predicted molar refractivity (Wildman–Crippen MR) is 83.7 cm³/mol. The van der Waals surface area contributed by atoms with Crippen molar-refractivity contribution in [1.82, 2.24) is 5.32 Å². The smallest absolute Gasteiger partial charge is 0.339 e. The minimum Gasteiger partial charge on any atom is -0.490 e. The number of aliphatic hydroxyl groups excluding tert-OH is 1. The summed E-state index contributed by atoms with van der Waals surface area (Å²) in [5.41, 5.74) is -0.0868. The molecule has 0 amide bonds. The molecule has 23 heavy (non-hydrogen) atoms. The normalized spacial score (nSPS) is 12.2. The number of aliphatic hydroxyl groups is 1. The Kier molecular flexibility index (Phi) is 6.13. The summed E-state index contributed by atoms with van der Waals surface area (Å²) in [5.74, 6) is -0.479. The lowest BCUT2D eigenvalue weighted by molar-refractivity contribution is -0.137. The van der Waals surface area contributed by atoms with Crippen LogP contribution in [0.3, 0.4) is 0 Å². The second-order valence-corrected chi connectivity index (χ2v) is 5.09. The summed E-state index contributed by atoms with van der Waals surface area (Å²) in [6.07, 6.45) is -0.190. The van der Waals surface area contributed by atoms with Gasteiger partial charge in [0.05, 0.1) is 11.5 Å². The van der Waals surface area contributed by atoms with Crippen molar-refractivity contribution in [2.75, 3.05) is 19.7 Å². The first-order valence-electron chi connectivity index (χ1n) is 7.32. The van der Waals surface area contributed by atoms with Gasteiger partial charge in [-0.2, -0.15) is 0 Å². The number of carboxylic acids is 1. The van der Waals surface area contributed by atoms with Gasteiger partial charge in [-0.15, -0.1) is 0 Å². The van der Waals surface area contributed by atoms with E-state index >= 15 is 0 Å². The number of ether oxygens (including phenoxy) is 1. The summed E-state index contributed by atoms with van der Waals surface area (Å²) >= 11 is 0. The van der Waals surface area contributed by atoms with Crippen molar-refractivity contribution in [3.63, 3.8) is 0 Å². The summed E-state index contributed by atoms with van der Waals surface area (Å²) < 4.78 is 10.6. The van der Waals surface area contributed by atoms with E-state index in [9.17, 15) is 14.7 Å². The van der Waals surface area contributed by atoms with Gasteiger partial charge in [-0.05, 0) is 25.1 Å². The van der Waals surface area contributed by atoms with E-state index in [0.717, 1.165) is 0 Å². The number of benzene rings is 1. The van der Waals surface area contributed by atoms with E-state index in [4.69, 9.17) is 14.3 Å². The highest BCUT2D eigenvalue weighted by atomic mass is 16.5. The molecule has 1 heterocycles. The Morgan fingerprint density at radius 3 is 2.91 bits per heavy atom. The number of hydrogen-bond acceptors (Lipinski definition) is 6. The highest BCUT2D eigenvalue weighted by Crippen LogP contribution is 2.23. The molecule has 0 fully saturated rings. The molecule has 0 spiro atoms. The van der Waals surface area contributed by atoms with Gasteiger partial charge in [0.25, 0.3) is 0 Å². The zero-order valence-electron chi connectivity index (χ0n) is 12.5. The van der Waals surface area contributed by atoms with Gasteiger partial charge in [0.1, 0.15) is 24.0 Å². The molecule has 1 atom stereocenters. The SMILES string of the molecule is O=C(O)CCCNCC(O)COc1cc(=O)oc2ccccc12. The Bertz CT molecular complexity index is 711. The van der Waals surface area contributed by atoms with Crippen LogP contribution in [0.25, 0.3) is 11.0 Å². The molecule has 3 N–H and O–H groups in total. The third kappa shape index (κ3) is 5.39. The topological polar surface area (TPSA) is 109 Å². The summed E-state index contributed by atoms with van der Waals surface area (Å²) in [6, 6.07) is 8.24. The van der Waals surface area contributed by atoms with Crippen LogP contribution < -0.4 is 15.7 Å². The van der Waals surface area contributed by atoms with Crippen LogP contribution in [0.4, 0.5) is 0 Å². The molecule has 2 aromatic rings. The molecular weight excluding hydrogens is 302 g/mol. The first-order chi connectivity index (χ1) is 11.1. The molecule has 0 saturated heterocycles. The van der Waals surface area contributed by atoms with Gasteiger partial charge in [-0.3, -0.25) is 4.79 Å². The number of carboxylic acid groups (broad SMARTS) is 1. The van der Waals surface area contributed by atoms with E-state index in [2.05, 4.69) is 5.32 Å². The van der Waals surface area contributed by atoms with Crippen LogP contribution in [-0.4, -0.2) is 42.0 Å². The van der Waals surface area contributed by atoms with Gasteiger partial charge in [0.2, 0.25) is 0 Å². The van der Waals surface area contributed by atoms with E-state index in [-0.39, 0.29) is 19.6 Å². The van der Waals surface area contributed by atoms with Crippen LogP contribution in [0.15, 0.2) is 39.5 Å². The number of nitrogens with one attached hydrogen (secondary N) is 1. The van der Waals surface area contributed by atoms with E-state index < -0.39 is 17.7 Å². The fourth-order valence-corrected chi connectivity index (χ4v) is 2.08. The Labute approximate surface area is 132 Å². The highest BCUT2D eigenvalue weighted by Gasteiger charge is 2.09. The van der Waals surface area contributed by atoms with Gasteiger partial charge < -0.3 is 24.7 Å². The number of carbonyl (C=O) groups is 1. The third-order valence-corrected chi connectivity index (χ3v) is 3.17. The minimum atomic E-state index is -0.842. The maximum absolute atomic E-state index is 11.5. The van der Waals surface area contributed by atoms with Crippen molar-refractivity contribution in [3.05, 3.63) is 40.8 Å². The minimum absolute atomic E-state index is 0.0133. The van der Waals surface area contributed by atoms with Crippen LogP contribution in [0.5, 0.6) is 5.75 Å². The highest BCUT2D eigenvalue weighted by molar-refractivity contribution is 5.82. The summed E-state index contributed by atoms with van der Waals surface area (Å²) in [6.45, 7) is 0.791. The lowest BCUT2D eigenvalue weighted by Gasteiger charge is -2.14. The van der Waals surface area contributed by atoms with Crippen LogP contribution in [0.1, 0.15) is 12.8 Å². The number of hydrogen-bond donors (Lipinski definition) is 3. The Morgan fingerprint density at radius 2 is 2.13 bits per heavy atom. The monoisotopic (exact) mass is 321 g/mol. The fourth-order valence-electron chi connectivity index (χ4n) is 2.08. The summed E-state index contributed by atoms with van der Waals surface area (Å²) in [7, 11) is 0. The van der Waals surface area contributed by atoms with Crippen molar-refractivity contribution >= 4 is 16.9 Å². The summed E-state index contributed by atoms with van der Waals surface area (Å²) in [4.78, 5) is 21.8. The van der Waals surface area contributed by atoms with E-state index in [0.29, 0.717) is 29.7 Å². The Balaban J connectivity index is 1.84. The largest absolute Gasteiger partial charge is 0.490 e. The second-order valence-electron chi connectivity index (χ2n) is 5.09. The molecule has 2 rings (SSSR count). The van der Waals surface area contributed by atoms with Gasteiger partial charge >= 0.3 is 11.6 Å². The molecule has 124 valence electrons. The molecule has 7 nitrogen and oxygen atoms in total. The summed E-state index contributed by atoms with van der Waals surface area (Å²) in [5, 5.41) is 22.0. The molecule has 1 unspecified atom stereocenters. The number of para-hydroxylation sites is 1. The average molecular weight is 321 g/mol. The standard InChI is InChI=1S/C16H19NO6/c18-11(9-17-7-3-6-15(19)20)10-22-14-8-16(21)23-13-5-2-1-4-12(13)14/h1-2,4-5,8,11,17-18H,3,6-7,9-10H2,(H,19,20). The maximum atomic E-state index is 11.5. The van der Waals surface area contributed by atoms with Crippen molar-refractivity contribution in [1.29, 1.82) is 0 Å². The van der Waals surface area contributed by atoms with Crippen molar-refractivity contribution in [3.8, 4) is 5.75 Å². The molecule has 0 radical (unpaired) electrons. The number of fused-ring (bicyclic) bond motifs is 1. The zero-order chi connectivity index (χ0) is 16.7. The Hall–Kier alpha value is -2.38. The zero-order valence-corrected chi connectivity index (χ0v) is 12.5. The van der Waals surface area contributed by atoms with E-state index in [1.807, 2.05) is 0 Å². The molecule has 0 saturated carbocycles. The van der Waals surface area contributed by atoms with Crippen molar-refractivity contribution in [2.24, 2.45) is 0 Å². The first-order valence-corrected chi connectivity index (χ1v) is 7.32. The Morgan fingerprint density at radius 1 is 1.35 bits per heavy atom. The number of aliphatic carboxylic acids is 1. The predicted octanol–water partition coefficient (Wildman–Crippen LogP) is 0.987. The molecular formula is C16H19NO6. The van der Waals surface area contributed by atoms with Crippen molar-refractivity contribution in [2.45, 2.75) is 18.9 Å². The van der Waals surface area contributed by atoms with Crippen LogP contribution in [-0.2, 0) is 4.79 Å². The molecule has 1 aromatic heterocycles. The van der Waals surface area contributed by atoms with Crippen LogP contribution in [0, 0.1) is 0 Å². The van der Waals surface area contributed by atoms with Gasteiger partial charge in [-0.25, -0.2) is 4.79 Å². The average Bonchev–Trinajstić information content (AvgIpc) is 2.51. The van der Waals surface area contributed by atoms with E-state index in [1.165, 1.54) is 6.07 Å². The molecule has 1 aromatic carbocycles. The molecule has 0 aliphatic heterocycles. The van der Waals surface area contributed by atoms with E-state index in [1.54, 1.807) is 24.3 Å². The fraction of sp³-hybridized carbons (Fsp3) is 0.375. The molecule has 7 heteroatoms.